The monoisotopic (exact) mass is 251 g/mol. The van der Waals surface area contributed by atoms with Crippen LogP contribution in [-0.4, -0.2) is 9.97 Å². The molecule has 0 aliphatic rings. The molecular formula is C16H17N3. The van der Waals surface area contributed by atoms with Crippen LogP contribution in [0.4, 0.5) is 0 Å². The molecule has 0 aromatic carbocycles. The Bertz CT molecular complexity index is 592. The highest BCUT2D eigenvalue weighted by molar-refractivity contribution is 5.65. The number of aromatic nitrogens is 2. The van der Waals surface area contributed by atoms with Gasteiger partial charge in [0.1, 0.15) is 0 Å². The third-order valence-electron chi connectivity index (χ3n) is 2.72. The Kier molecular flexibility index (Phi) is 4.08. The highest BCUT2D eigenvalue weighted by Crippen LogP contribution is 2.18. The van der Waals surface area contributed by atoms with Crippen molar-refractivity contribution in [3.05, 3.63) is 66.3 Å². The van der Waals surface area contributed by atoms with Gasteiger partial charge in [-0.25, -0.2) is 0 Å². The molecule has 0 bridgehead atoms. The fourth-order valence-corrected chi connectivity index (χ4v) is 1.65. The first kappa shape index (κ1) is 13.0. The largest absolute Gasteiger partial charge is 0.402 e. The molecule has 0 amide bonds. The zero-order valence-corrected chi connectivity index (χ0v) is 11.2. The van der Waals surface area contributed by atoms with Gasteiger partial charge >= 0.3 is 0 Å². The zero-order valence-electron chi connectivity index (χ0n) is 11.2. The normalized spacial score (nSPS) is 12.5. The second-order valence-electron chi connectivity index (χ2n) is 4.41. The van der Waals surface area contributed by atoms with Crippen molar-refractivity contribution in [2.75, 3.05) is 0 Å². The van der Waals surface area contributed by atoms with Gasteiger partial charge in [-0.05, 0) is 49.8 Å². The van der Waals surface area contributed by atoms with Crippen LogP contribution < -0.4 is 5.73 Å². The summed E-state index contributed by atoms with van der Waals surface area (Å²) in [6.07, 6.45) is 7.47. The molecule has 3 heteroatoms. The zero-order chi connectivity index (χ0) is 13.7. The molecule has 2 N–H and O–H groups in total. The molecule has 19 heavy (non-hydrogen) atoms. The van der Waals surface area contributed by atoms with E-state index in [0.717, 1.165) is 28.2 Å². The van der Waals surface area contributed by atoms with E-state index in [1.807, 2.05) is 62.5 Å². The van der Waals surface area contributed by atoms with Crippen LogP contribution in [0.15, 0.2) is 60.6 Å². The van der Waals surface area contributed by atoms with Crippen LogP contribution in [0.5, 0.6) is 0 Å². The number of nitrogens with two attached hydrogens (primary N) is 1. The van der Waals surface area contributed by atoms with E-state index in [1.54, 1.807) is 6.20 Å². The van der Waals surface area contributed by atoms with Gasteiger partial charge in [-0.15, -0.1) is 0 Å². The summed E-state index contributed by atoms with van der Waals surface area (Å²) < 4.78 is 0. The lowest BCUT2D eigenvalue weighted by molar-refractivity contribution is 1.24. The second-order valence-corrected chi connectivity index (χ2v) is 4.41. The first-order chi connectivity index (χ1) is 9.16. The molecule has 0 saturated heterocycles. The van der Waals surface area contributed by atoms with Gasteiger partial charge in [-0.3, -0.25) is 9.97 Å². The van der Waals surface area contributed by atoms with Crippen LogP contribution in [0.1, 0.15) is 19.5 Å². The predicted molar refractivity (Wildman–Crippen MR) is 79.1 cm³/mol. The van der Waals surface area contributed by atoms with Crippen molar-refractivity contribution >= 4 is 5.57 Å². The quantitative estimate of drug-likeness (QED) is 0.850. The van der Waals surface area contributed by atoms with E-state index in [1.165, 1.54) is 0 Å². The summed E-state index contributed by atoms with van der Waals surface area (Å²) in [5, 5.41) is 0. The minimum Gasteiger partial charge on any atom is -0.402 e. The Morgan fingerprint density at radius 1 is 1.05 bits per heavy atom. The van der Waals surface area contributed by atoms with Crippen molar-refractivity contribution in [3.8, 4) is 11.3 Å². The summed E-state index contributed by atoms with van der Waals surface area (Å²) in [5.74, 6) is 0. The van der Waals surface area contributed by atoms with Crippen molar-refractivity contribution in [2.45, 2.75) is 13.8 Å². The van der Waals surface area contributed by atoms with Gasteiger partial charge in [0.2, 0.25) is 0 Å². The molecule has 2 aromatic heterocycles. The molecule has 0 fully saturated rings. The van der Waals surface area contributed by atoms with Gasteiger partial charge in [0.25, 0.3) is 0 Å². The number of hydrogen-bond acceptors (Lipinski definition) is 3. The van der Waals surface area contributed by atoms with Crippen molar-refractivity contribution in [3.63, 3.8) is 0 Å². The molecule has 0 atom stereocenters. The van der Waals surface area contributed by atoms with Gasteiger partial charge in [0, 0.05) is 23.7 Å². The molecule has 2 aromatic rings. The lowest BCUT2D eigenvalue weighted by atomic mass is 10.1. The summed E-state index contributed by atoms with van der Waals surface area (Å²) >= 11 is 0. The third kappa shape index (κ3) is 3.52. The van der Waals surface area contributed by atoms with Crippen molar-refractivity contribution < 1.29 is 0 Å². The number of nitrogens with zero attached hydrogens (tertiary/aromatic N) is 2. The lowest BCUT2D eigenvalue weighted by Crippen LogP contribution is -1.90. The van der Waals surface area contributed by atoms with E-state index in [2.05, 4.69) is 9.97 Å². The Morgan fingerprint density at radius 2 is 1.89 bits per heavy atom. The Labute approximate surface area is 113 Å². The molecule has 0 radical (unpaired) electrons. The molecule has 0 aliphatic heterocycles. The van der Waals surface area contributed by atoms with Gasteiger partial charge in [-0.1, -0.05) is 12.1 Å². The molecule has 96 valence electrons. The van der Waals surface area contributed by atoms with Crippen molar-refractivity contribution in [1.82, 2.24) is 9.97 Å². The van der Waals surface area contributed by atoms with E-state index < -0.39 is 0 Å². The molecule has 2 rings (SSSR count). The molecule has 0 unspecified atom stereocenters. The highest BCUT2D eigenvalue weighted by Gasteiger charge is 2.00. The summed E-state index contributed by atoms with van der Waals surface area (Å²) in [5.41, 5.74) is 10.4. The van der Waals surface area contributed by atoms with Crippen LogP contribution in [0.25, 0.3) is 16.8 Å². The number of rotatable bonds is 3. The third-order valence-corrected chi connectivity index (χ3v) is 2.72. The molecular weight excluding hydrogens is 234 g/mol. The average molecular weight is 251 g/mol. The average Bonchev–Trinajstić information content (AvgIpc) is 2.46. The van der Waals surface area contributed by atoms with E-state index >= 15 is 0 Å². The minimum atomic E-state index is 0.782. The lowest BCUT2D eigenvalue weighted by Gasteiger charge is -2.03. The topological polar surface area (TPSA) is 51.8 Å². The maximum absolute atomic E-state index is 5.61. The maximum atomic E-state index is 5.61. The molecule has 3 nitrogen and oxygen atoms in total. The second kappa shape index (κ2) is 5.96. The maximum Gasteiger partial charge on any atom is 0.0717 e. The van der Waals surface area contributed by atoms with Crippen LogP contribution in [0.3, 0.4) is 0 Å². The summed E-state index contributed by atoms with van der Waals surface area (Å²) in [7, 11) is 0. The van der Waals surface area contributed by atoms with E-state index in [4.69, 9.17) is 5.73 Å². The smallest absolute Gasteiger partial charge is 0.0717 e. The Morgan fingerprint density at radius 3 is 2.47 bits per heavy atom. The number of allylic oxidation sites excluding steroid dienone is 4. The predicted octanol–water partition coefficient (Wildman–Crippen LogP) is 3.41. The van der Waals surface area contributed by atoms with Gasteiger partial charge < -0.3 is 5.73 Å². The van der Waals surface area contributed by atoms with Crippen molar-refractivity contribution in [2.24, 2.45) is 5.73 Å². The standard InChI is InChI=1S/C16H17N3/c1-12(6-7-13(2)17)15-9-8-14(11-19-15)16-5-3-4-10-18-16/h3-11H,17H2,1-2H3/b12-6+,13-7+. The highest BCUT2D eigenvalue weighted by atomic mass is 14.7. The summed E-state index contributed by atoms with van der Waals surface area (Å²) in [6, 6.07) is 9.87. The van der Waals surface area contributed by atoms with E-state index in [9.17, 15) is 0 Å². The fourth-order valence-electron chi connectivity index (χ4n) is 1.65. The SMILES string of the molecule is C/C(N)=C\C=C(/C)c1ccc(-c2ccccn2)cn1. The summed E-state index contributed by atoms with van der Waals surface area (Å²) in [4.78, 5) is 8.76. The van der Waals surface area contributed by atoms with E-state index in [-0.39, 0.29) is 0 Å². The minimum absolute atomic E-state index is 0.782. The van der Waals surface area contributed by atoms with Crippen molar-refractivity contribution in [1.29, 1.82) is 0 Å². The van der Waals surface area contributed by atoms with Crippen LogP contribution in [-0.2, 0) is 0 Å². The number of pyridine rings is 2. The van der Waals surface area contributed by atoms with Crippen LogP contribution >= 0.6 is 0 Å². The van der Waals surface area contributed by atoms with Crippen LogP contribution in [0, 0.1) is 0 Å². The first-order valence-electron chi connectivity index (χ1n) is 6.15. The number of hydrogen-bond donors (Lipinski definition) is 1. The molecule has 0 spiro atoms. The molecule has 2 heterocycles. The Balaban J connectivity index is 2.24. The summed E-state index contributed by atoms with van der Waals surface area (Å²) in [6.45, 7) is 3.88. The first-order valence-corrected chi connectivity index (χ1v) is 6.15. The molecule has 0 saturated carbocycles. The Hall–Kier alpha value is -2.42. The van der Waals surface area contributed by atoms with Gasteiger partial charge in [0.05, 0.1) is 11.4 Å². The van der Waals surface area contributed by atoms with Gasteiger partial charge in [0.15, 0.2) is 0 Å². The fraction of sp³-hybridized carbons (Fsp3) is 0.125. The van der Waals surface area contributed by atoms with Crippen LogP contribution in [0.2, 0.25) is 0 Å². The van der Waals surface area contributed by atoms with Gasteiger partial charge in [-0.2, -0.15) is 0 Å². The van der Waals surface area contributed by atoms with E-state index in [0.29, 0.717) is 0 Å². The molecule has 0 aliphatic carbocycles.